The number of carbonyl (C=O) groups is 1. The summed E-state index contributed by atoms with van der Waals surface area (Å²) in [4.78, 5) is 26.8. The second kappa shape index (κ2) is 9.06. The summed E-state index contributed by atoms with van der Waals surface area (Å²) in [6.45, 7) is 2.27. The van der Waals surface area contributed by atoms with Crippen molar-refractivity contribution in [3.63, 3.8) is 0 Å². The minimum Gasteiger partial charge on any atom is -0.334 e. The average Bonchev–Trinajstić information content (AvgIpc) is 3.35. The lowest BCUT2D eigenvalue weighted by Crippen LogP contribution is -2.55. The fraction of sp³-hybridized carbons (Fsp3) is 0.296. The molecule has 178 valence electrons. The molecule has 35 heavy (non-hydrogen) atoms. The lowest BCUT2D eigenvalue weighted by atomic mass is 10.1. The molecule has 2 saturated heterocycles. The van der Waals surface area contributed by atoms with E-state index in [9.17, 15) is 9.18 Å². The highest BCUT2D eigenvalue weighted by Gasteiger charge is 2.42. The minimum atomic E-state index is -0.317. The molecule has 2 bridgehead atoms. The molecule has 0 spiro atoms. The fourth-order valence-electron chi connectivity index (χ4n) is 5.56. The number of fused-ring (bicyclic) bond motifs is 3. The molecule has 8 heteroatoms. The summed E-state index contributed by atoms with van der Waals surface area (Å²) in [6.07, 6.45) is 5.80. The summed E-state index contributed by atoms with van der Waals surface area (Å²) >= 11 is 6.11. The van der Waals surface area contributed by atoms with E-state index in [0.29, 0.717) is 22.9 Å². The average molecular weight is 490 g/mol. The van der Waals surface area contributed by atoms with E-state index in [1.807, 2.05) is 45.8 Å². The largest absolute Gasteiger partial charge is 0.334 e. The number of hydrogen-bond donors (Lipinski definition) is 0. The van der Waals surface area contributed by atoms with Crippen LogP contribution in [0.2, 0.25) is 5.02 Å². The molecular formula is C27H25ClFN5O. The molecule has 6 rings (SSSR count). The SMILES string of the molecule is O=C(Cc1ccccc1F)N1C2CCC1CN(Cc1c(-c3ccc(Cl)cc3)nc3ncccn13)C2. The van der Waals surface area contributed by atoms with Crippen molar-refractivity contribution in [3.05, 3.63) is 89.1 Å². The predicted octanol–water partition coefficient (Wildman–Crippen LogP) is 4.61. The van der Waals surface area contributed by atoms with E-state index in [2.05, 4.69) is 9.88 Å². The quantitative estimate of drug-likeness (QED) is 0.411. The third-order valence-corrected chi connectivity index (χ3v) is 7.39. The van der Waals surface area contributed by atoms with Gasteiger partial charge in [0.2, 0.25) is 11.7 Å². The van der Waals surface area contributed by atoms with Crippen LogP contribution in [0.3, 0.4) is 0 Å². The van der Waals surface area contributed by atoms with E-state index in [-0.39, 0.29) is 30.2 Å². The van der Waals surface area contributed by atoms with E-state index in [1.54, 1.807) is 24.4 Å². The summed E-state index contributed by atoms with van der Waals surface area (Å²) in [6, 6.07) is 16.5. The van der Waals surface area contributed by atoms with Gasteiger partial charge in [-0.3, -0.25) is 14.1 Å². The molecule has 4 aromatic rings. The first-order valence-electron chi connectivity index (χ1n) is 11.9. The van der Waals surface area contributed by atoms with Crippen LogP contribution < -0.4 is 0 Å². The Hall–Kier alpha value is -3.29. The van der Waals surface area contributed by atoms with Crippen LogP contribution in [0.4, 0.5) is 4.39 Å². The van der Waals surface area contributed by atoms with Crippen LogP contribution >= 0.6 is 11.6 Å². The zero-order chi connectivity index (χ0) is 23.9. The summed E-state index contributed by atoms with van der Waals surface area (Å²) in [5.41, 5.74) is 3.42. The minimum absolute atomic E-state index is 0.0168. The van der Waals surface area contributed by atoms with Crippen LogP contribution in [0.25, 0.3) is 17.0 Å². The molecule has 2 atom stereocenters. The Kier molecular flexibility index (Phi) is 5.74. The van der Waals surface area contributed by atoms with Gasteiger partial charge in [-0.05, 0) is 42.7 Å². The molecule has 0 aliphatic carbocycles. The number of benzene rings is 2. The van der Waals surface area contributed by atoms with Crippen molar-refractivity contribution in [2.45, 2.75) is 37.9 Å². The first-order chi connectivity index (χ1) is 17.1. The highest BCUT2D eigenvalue weighted by atomic mass is 35.5. The number of aromatic nitrogens is 3. The first kappa shape index (κ1) is 22.2. The van der Waals surface area contributed by atoms with Crippen LogP contribution in [-0.4, -0.2) is 55.2 Å². The maximum atomic E-state index is 14.1. The zero-order valence-corrected chi connectivity index (χ0v) is 19.9. The Morgan fingerprint density at radius 3 is 2.51 bits per heavy atom. The summed E-state index contributed by atoms with van der Waals surface area (Å²) in [7, 11) is 0. The fourth-order valence-corrected chi connectivity index (χ4v) is 5.69. The first-order valence-corrected chi connectivity index (χ1v) is 12.3. The van der Waals surface area contributed by atoms with Gasteiger partial charge in [0.1, 0.15) is 5.82 Å². The Labute approximate surface area is 208 Å². The Morgan fingerprint density at radius 1 is 1.03 bits per heavy atom. The Morgan fingerprint density at radius 2 is 1.77 bits per heavy atom. The highest BCUT2D eigenvalue weighted by Crippen LogP contribution is 2.33. The number of piperazine rings is 1. The molecule has 2 aromatic heterocycles. The zero-order valence-electron chi connectivity index (χ0n) is 19.1. The van der Waals surface area contributed by atoms with Crippen LogP contribution in [0.5, 0.6) is 0 Å². The molecule has 6 nitrogen and oxygen atoms in total. The molecule has 2 aliphatic heterocycles. The summed E-state index contributed by atoms with van der Waals surface area (Å²) in [5.74, 6) is 0.361. The number of carbonyl (C=O) groups excluding carboxylic acids is 1. The topological polar surface area (TPSA) is 53.7 Å². The van der Waals surface area contributed by atoms with E-state index in [0.717, 1.165) is 42.9 Å². The number of likely N-dealkylation sites (tertiary alicyclic amines) is 1. The summed E-state index contributed by atoms with van der Waals surface area (Å²) < 4.78 is 16.2. The van der Waals surface area contributed by atoms with Crippen LogP contribution in [0, 0.1) is 5.82 Å². The third-order valence-electron chi connectivity index (χ3n) is 7.14. The standard InChI is InChI=1S/C27H25ClFN5O/c28-20-8-6-18(7-9-20)26-24(33-13-3-12-30-27(33)31-26)17-32-15-21-10-11-22(16-32)34(21)25(35)14-19-4-1-2-5-23(19)29/h1-9,12-13,21-22H,10-11,14-17H2. The van der Waals surface area contributed by atoms with Crippen LogP contribution in [-0.2, 0) is 17.8 Å². The second-order valence-electron chi connectivity index (χ2n) is 9.35. The van der Waals surface area contributed by atoms with Gasteiger partial charge in [-0.2, -0.15) is 0 Å². The molecule has 2 aromatic carbocycles. The molecule has 0 saturated carbocycles. The molecule has 2 aliphatic rings. The van der Waals surface area contributed by atoms with Gasteiger partial charge >= 0.3 is 0 Å². The molecule has 0 radical (unpaired) electrons. The van der Waals surface area contributed by atoms with Crippen molar-refractivity contribution in [1.29, 1.82) is 0 Å². The van der Waals surface area contributed by atoms with Crippen LogP contribution in [0.1, 0.15) is 24.1 Å². The molecule has 0 N–H and O–H groups in total. The van der Waals surface area contributed by atoms with E-state index >= 15 is 0 Å². The molecule has 1 amide bonds. The van der Waals surface area contributed by atoms with Gasteiger partial charge in [0, 0.05) is 54.7 Å². The van der Waals surface area contributed by atoms with E-state index in [1.165, 1.54) is 6.07 Å². The van der Waals surface area contributed by atoms with Crippen LogP contribution in [0.15, 0.2) is 67.0 Å². The van der Waals surface area contributed by atoms with Crippen molar-refractivity contribution >= 4 is 23.3 Å². The summed E-state index contributed by atoms with van der Waals surface area (Å²) in [5, 5.41) is 0.685. The van der Waals surface area contributed by atoms with Gasteiger partial charge in [-0.15, -0.1) is 0 Å². The van der Waals surface area contributed by atoms with Gasteiger partial charge in [0.25, 0.3) is 0 Å². The maximum absolute atomic E-state index is 14.1. The second-order valence-corrected chi connectivity index (χ2v) is 9.79. The van der Waals surface area contributed by atoms with E-state index < -0.39 is 0 Å². The Bertz CT molecular complexity index is 1370. The van der Waals surface area contributed by atoms with Crippen molar-refractivity contribution in [2.24, 2.45) is 0 Å². The number of rotatable bonds is 5. The highest BCUT2D eigenvalue weighted by molar-refractivity contribution is 6.30. The van der Waals surface area contributed by atoms with Crippen molar-refractivity contribution in [1.82, 2.24) is 24.2 Å². The molecule has 2 fully saturated rings. The van der Waals surface area contributed by atoms with Crippen molar-refractivity contribution in [3.8, 4) is 11.3 Å². The lowest BCUT2D eigenvalue weighted by Gasteiger charge is -2.41. The lowest BCUT2D eigenvalue weighted by molar-refractivity contribution is -0.136. The molecule has 2 unspecified atom stereocenters. The maximum Gasteiger partial charge on any atom is 0.234 e. The van der Waals surface area contributed by atoms with Gasteiger partial charge in [-0.1, -0.05) is 41.9 Å². The number of hydrogen-bond acceptors (Lipinski definition) is 4. The number of nitrogens with zero attached hydrogens (tertiary/aromatic N) is 5. The van der Waals surface area contributed by atoms with Crippen molar-refractivity contribution in [2.75, 3.05) is 13.1 Å². The molecule has 4 heterocycles. The third kappa shape index (κ3) is 4.19. The van der Waals surface area contributed by atoms with Crippen molar-refractivity contribution < 1.29 is 9.18 Å². The predicted molar refractivity (Wildman–Crippen MR) is 132 cm³/mol. The van der Waals surface area contributed by atoms with Gasteiger partial charge < -0.3 is 4.90 Å². The van der Waals surface area contributed by atoms with Gasteiger partial charge in [-0.25, -0.2) is 14.4 Å². The normalized spacial score (nSPS) is 20.0. The monoisotopic (exact) mass is 489 g/mol. The van der Waals surface area contributed by atoms with Gasteiger partial charge in [0.15, 0.2) is 0 Å². The molecular weight excluding hydrogens is 465 g/mol. The number of halogens is 2. The van der Waals surface area contributed by atoms with E-state index in [4.69, 9.17) is 16.6 Å². The smallest absolute Gasteiger partial charge is 0.234 e. The number of amides is 1. The van der Waals surface area contributed by atoms with Gasteiger partial charge in [0.05, 0.1) is 17.8 Å². The number of imidazole rings is 1. The Balaban J connectivity index is 1.24.